The van der Waals surface area contributed by atoms with E-state index < -0.39 is 12.1 Å². The SMILES string of the molecule is C=C(Cc1ccccc1NC(=O)CNC(=O)OC)C1CNC(C(=O)Nc2ccccc2)CO1. The largest absolute Gasteiger partial charge is 0.453 e. The summed E-state index contributed by atoms with van der Waals surface area (Å²) >= 11 is 0. The molecule has 33 heavy (non-hydrogen) atoms. The van der Waals surface area contributed by atoms with E-state index in [0.717, 1.165) is 16.8 Å². The highest BCUT2D eigenvalue weighted by molar-refractivity contribution is 5.95. The molecule has 1 aliphatic heterocycles. The molecule has 0 radical (unpaired) electrons. The summed E-state index contributed by atoms with van der Waals surface area (Å²) in [5.74, 6) is -0.528. The van der Waals surface area contributed by atoms with Gasteiger partial charge in [-0.3, -0.25) is 9.59 Å². The third-order valence-electron chi connectivity index (χ3n) is 5.11. The molecule has 2 aromatic carbocycles. The molecule has 2 atom stereocenters. The number of anilines is 2. The quantitative estimate of drug-likeness (QED) is 0.456. The van der Waals surface area contributed by atoms with Gasteiger partial charge >= 0.3 is 6.09 Å². The summed E-state index contributed by atoms with van der Waals surface area (Å²) in [6.07, 6.45) is -0.464. The maximum absolute atomic E-state index is 12.4. The molecule has 2 aromatic rings. The fraction of sp³-hybridized carbons (Fsp3) is 0.292. The van der Waals surface area contributed by atoms with E-state index in [1.54, 1.807) is 6.07 Å². The molecule has 3 amide bonds. The van der Waals surface area contributed by atoms with Crippen molar-refractivity contribution in [1.82, 2.24) is 10.6 Å². The average Bonchev–Trinajstić information content (AvgIpc) is 2.84. The third-order valence-corrected chi connectivity index (χ3v) is 5.11. The van der Waals surface area contributed by atoms with Gasteiger partial charge in [0.05, 0.1) is 19.8 Å². The minimum absolute atomic E-state index is 0.154. The number of methoxy groups -OCH3 is 1. The molecule has 3 rings (SSSR count). The number of ether oxygens (including phenoxy) is 2. The first-order valence-corrected chi connectivity index (χ1v) is 10.5. The van der Waals surface area contributed by atoms with Crippen molar-refractivity contribution >= 4 is 29.3 Å². The van der Waals surface area contributed by atoms with Crippen molar-refractivity contribution < 1.29 is 23.9 Å². The third kappa shape index (κ3) is 7.16. The molecule has 1 saturated heterocycles. The van der Waals surface area contributed by atoms with Crippen LogP contribution in [0.2, 0.25) is 0 Å². The lowest BCUT2D eigenvalue weighted by Crippen LogP contribution is -2.52. The maximum Gasteiger partial charge on any atom is 0.407 e. The Morgan fingerprint density at radius 3 is 2.52 bits per heavy atom. The van der Waals surface area contributed by atoms with Gasteiger partial charge in [-0.25, -0.2) is 4.79 Å². The van der Waals surface area contributed by atoms with E-state index in [0.29, 0.717) is 18.7 Å². The van der Waals surface area contributed by atoms with Crippen LogP contribution in [0, 0.1) is 0 Å². The van der Waals surface area contributed by atoms with Gasteiger partial charge in [-0.05, 0) is 35.8 Å². The van der Waals surface area contributed by atoms with E-state index >= 15 is 0 Å². The van der Waals surface area contributed by atoms with E-state index in [2.05, 4.69) is 32.6 Å². The summed E-state index contributed by atoms with van der Waals surface area (Å²) in [5.41, 5.74) is 3.04. The van der Waals surface area contributed by atoms with Gasteiger partial charge in [0.25, 0.3) is 0 Å². The van der Waals surface area contributed by atoms with E-state index in [1.165, 1.54) is 7.11 Å². The lowest BCUT2D eigenvalue weighted by Gasteiger charge is -2.31. The van der Waals surface area contributed by atoms with Gasteiger partial charge in [0, 0.05) is 17.9 Å². The molecule has 174 valence electrons. The van der Waals surface area contributed by atoms with Crippen LogP contribution in [0.5, 0.6) is 0 Å². The van der Waals surface area contributed by atoms with Crippen LogP contribution in [-0.2, 0) is 25.5 Å². The molecule has 9 heteroatoms. The van der Waals surface area contributed by atoms with Crippen molar-refractivity contribution in [3.63, 3.8) is 0 Å². The zero-order chi connectivity index (χ0) is 23.6. The molecule has 2 unspecified atom stereocenters. The Hall–Kier alpha value is -3.69. The minimum Gasteiger partial charge on any atom is -0.453 e. The molecule has 0 aromatic heterocycles. The van der Waals surface area contributed by atoms with Gasteiger partial charge in [-0.15, -0.1) is 0 Å². The van der Waals surface area contributed by atoms with Crippen molar-refractivity contribution in [3.05, 3.63) is 72.3 Å². The molecular formula is C24H28N4O5. The van der Waals surface area contributed by atoms with Gasteiger partial charge in [-0.2, -0.15) is 0 Å². The molecule has 9 nitrogen and oxygen atoms in total. The van der Waals surface area contributed by atoms with Crippen molar-refractivity contribution in [1.29, 1.82) is 0 Å². The van der Waals surface area contributed by atoms with Gasteiger partial charge in [0.15, 0.2) is 0 Å². The fourth-order valence-corrected chi connectivity index (χ4v) is 3.33. The number of alkyl carbamates (subject to hydrolysis) is 1. The van der Waals surface area contributed by atoms with E-state index in [-0.39, 0.29) is 31.1 Å². The lowest BCUT2D eigenvalue weighted by atomic mass is 9.99. The number of benzene rings is 2. The van der Waals surface area contributed by atoms with Gasteiger partial charge in [0.2, 0.25) is 11.8 Å². The Bertz CT molecular complexity index is 987. The van der Waals surface area contributed by atoms with E-state index in [1.807, 2.05) is 48.5 Å². The highest BCUT2D eigenvalue weighted by atomic mass is 16.5. The smallest absolute Gasteiger partial charge is 0.407 e. The predicted molar refractivity (Wildman–Crippen MR) is 125 cm³/mol. The second-order valence-corrected chi connectivity index (χ2v) is 7.52. The number of carbonyl (C=O) groups excluding carboxylic acids is 3. The lowest BCUT2D eigenvalue weighted by molar-refractivity contribution is -0.121. The molecule has 0 aliphatic carbocycles. The summed E-state index contributed by atoms with van der Waals surface area (Å²) in [6, 6.07) is 16.1. The number of carbonyl (C=O) groups is 3. The summed E-state index contributed by atoms with van der Waals surface area (Å²) in [5, 5.41) is 11.2. The zero-order valence-electron chi connectivity index (χ0n) is 18.4. The first-order chi connectivity index (χ1) is 16.0. The number of morpholine rings is 1. The van der Waals surface area contributed by atoms with E-state index in [4.69, 9.17) is 4.74 Å². The molecule has 1 heterocycles. The van der Waals surface area contributed by atoms with Crippen molar-refractivity contribution in [2.45, 2.75) is 18.6 Å². The van der Waals surface area contributed by atoms with Crippen LogP contribution in [0.3, 0.4) is 0 Å². The topological polar surface area (TPSA) is 118 Å². The number of hydrogen-bond donors (Lipinski definition) is 4. The second-order valence-electron chi connectivity index (χ2n) is 7.52. The molecule has 0 saturated carbocycles. The average molecular weight is 453 g/mol. The molecule has 0 spiro atoms. The van der Waals surface area contributed by atoms with Crippen molar-refractivity contribution in [2.75, 3.05) is 37.4 Å². The highest BCUT2D eigenvalue weighted by Gasteiger charge is 2.28. The Balaban J connectivity index is 1.50. The summed E-state index contributed by atoms with van der Waals surface area (Å²) in [7, 11) is 1.23. The molecule has 0 bridgehead atoms. The Kier molecular flexibility index (Phi) is 8.56. The fourth-order valence-electron chi connectivity index (χ4n) is 3.33. The standard InChI is InChI=1S/C24H28N4O5/c1-16(12-17-8-6-7-11-19(17)28-22(29)14-26-24(31)32-2)21-13-25-20(15-33-21)23(30)27-18-9-4-3-5-10-18/h3-11,20-21,25H,1,12-15H2,2H3,(H,26,31)(H,27,30)(H,28,29). The Morgan fingerprint density at radius 2 is 1.82 bits per heavy atom. The van der Waals surface area contributed by atoms with Crippen LogP contribution >= 0.6 is 0 Å². The van der Waals surface area contributed by atoms with Crippen LogP contribution in [0.25, 0.3) is 0 Å². The van der Waals surface area contributed by atoms with E-state index in [9.17, 15) is 14.4 Å². The Labute approximate surface area is 192 Å². The first-order valence-electron chi connectivity index (χ1n) is 10.5. The molecule has 1 fully saturated rings. The minimum atomic E-state index is -0.676. The number of rotatable bonds is 8. The van der Waals surface area contributed by atoms with Crippen molar-refractivity contribution in [3.8, 4) is 0 Å². The molecular weight excluding hydrogens is 424 g/mol. The van der Waals surface area contributed by atoms with Crippen LogP contribution in [0.4, 0.5) is 16.2 Å². The first kappa shape index (κ1) is 24.0. The maximum atomic E-state index is 12.4. The van der Waals surface area contributed by atoms with Crippen LogP contribution in [-0.4, -0.2) is 56.9 Å². The number of para-hydroxylation sites is 2. The van der Waals surface area contributed by atoms with Crippen LogP contribution in [0.15, 0.2) is 66.7 Å². The van der Waals surface area contributed by atoms with Gasteiger partial charge in [-0.1, -0.05) is 43.0 Å². The van der Waals surface area contributed by atoms with Gasteiger partial charge in [0.1, 0.15) is 12.6 Å². The number of amides is 3. The van der Waals surface area contributed by atoms with Crippen molar-refractivity contribution in [2.24, 2.45) is 0 Å². The zero-order valence-corrected chi connectivity index (χ0v) is 18.4. The Morgan fingerprint density at radius 1 is 1.09 bits per heavy atom. The van der Waals surface area contributed by atoms with Crippen LogP contribution < -0.4 is 21.3 Å². The summed E-state index contributed by atoms with van der Waals surface area (Å²) < 4.78 is 10.4. The monoisotopic (exact) mass is 452 g/mol. The number of nitrogens with one attached hydrogen (secondary N) is 4. The summed E-state index contributed by atoms with van der Waals surface area (Å²) in [4.78, 5) is 35.7. The normalized spacial score (nSPS) is 17.5. The summed E-state index contributed by atoms with van der Waals surface area (Å²) in [6.45, 7) is 4.62. The predicted octanol–water partition coefficient (Wildman–Crippen LogP) is 2.08. The molecule has 4 N–H and O–H groups in total. The van der Waals surface area contributed by atoms with Gasteiger partial charge < -0.3 is 30.7 Å². The van der Waals surface area contributed by atoms with Crippen LogP contribution in [0.1, 0.15) is 5.56 Å². The highest BCUT2D eigenvalue weighted by Crippen LogP contribution is 2.22. The number of hydrogen-bond acceptors (Lipinski definition) is 6. The second kappa shape index (κ2) is 11.8. The molecule has 1 aliphatic rings.